The van der Waals surface area contributed by atoms with Crippen LogP contribution in [0.25, 0.3) is 0 Å². The van der Waals surface area contributed by atoms with Gasteiger partial charge >= 0.3 is 5.97 Å². The van der Waals surface area contributed by atoms with Crippen molar-refractivity contribution in [1.29, 1.82) is 0 Å². The lowest BCUT2D eigenvalue weighted by Crippen LogP contribution is -2.26. The summed E-state index contributed by atoms with van der Waals surface area (Å²) in [6, 6.07) is 0.950. The molecule has 2 N–H and O–H groups in total. The summed E-state index contributed by atoms with van der Waals surface area (Å²) in [5.41, 5.74) is 0. The lowest BCUT2D eigenvalue weighted by Gasteiger charge is -2.10. The summed E-state index contributed by atoms with van der Waals surface area (Å²) >= 11 is 8.90. The largest absolute Gasteiger partial charge is 0.480 e. The molecule has 0 spiro atoms. The van der Waals surface area contributed by atoms with Crippen LogP contribution in [0.15, 0.2) is 16.7 Å². The summed E-state index contributed by atoms with van der Waals surface area (Å²) in [5, 5.41) is 11.9. The summed E-state index contributed by atoms with van der Waals surface area (Å²) in [5.74, 6) is -0.474. The summed E-state index contributed by atoms with van der Waals surface area (Å²) < 4.78 is 0.637. The van der Waals surface area contributed by atoms with E-state index in [9.17, 15) is 4.79 Å². The third-order valence-corrected chi connectivity index (χ3v) is 2.34. The number of pyridine rings is 1. The molecule has 0 saturated heterocycles. The summed E-state index contributed by atoms with van der Waals surface area (Å²) in [4.78, 5) is 14.5. The average molecular weight is 280 g/mol. The maximum absolute atomic E-state index is 10.6. The lowest BCUT2D eigenvalue weighted by atomic mass is 10.3. The van der Waals surface area contributed by atoms with Gasteiger partial charge in [0.2, 0.25) is 0 Å². The molecule has 0 radical (unpaired) electrons. The molecule has 0 aliphatic carbocycles. The molecular weight excluding hydrogens is 271 g/mol. The van der Waals surface area contributed by atoms with Gasteiger partial charge in [-0.1, -0.05) is 11.6 Å². The average Bonchev–Trinajstić information content (AvgIpc) is 2.09. The van der Waals surface area contributed by atoms with Crippen LogP contribution in [-0.4, -0.2) is 22.1 Å². The minimum atomic E-state index is -0.936. The predicted molar refractivity (Wildman–Crippen MR) is 57.7 cm³/mol. The zero-order valence-corrected chi connectivity index (χ0v) is 9.63. The van der Waals surface area contributed by atoms with Gasteiger partial charge in [0, 0.05) is 6.20 Å². The predicted octanol–water partition coefficient (Wildman–Crippen LogP) is 2.38. The third kappa shape index (κ3) is 2.85. The molecule has 1 rings (SSSR count). The highest BCUT2D eigenvalue weighted by Gasteiger charge is 2.12. The highest BCUT2D eigenvalue weighted by molar-refractivity contribution is 9.10. The molecule has 76 valence electrons. The van der Waals surface area contributed by atoms with E-state index in [2.05, 4.69) is 26.2 Å². The topological polar surface area (TPSA) is 62.2 Å². The van der Waals surface area contributed by atoms with Crippen LogP contribution in [-0.2, 0) is 4.79 Å². The van der Waals surface area contributed by atoms with Crippen LogP contribution in [0.3, 0.4) is 0 Å². The molecule has 1 heterocycles. The SMILES string of the molecule is C[C@H](Nc1ncc(Cl)cc1Br)C(=O)O. The van der Waals surface area contributed by atoms with Crippen LogP contribution in [0.4, 0.5) is 5.82 Å². The fourth-order valence-electron chi connectivity index (χ4n) is 0.788. The number of carboxylic acid groups (broad SMARTS) is 1. The number of nitrogens with zero attached hydrogens (tertiary/aromatic N) is 1. The van der Waals surface area contributed by atoms with Crippen molar-refractivity contribution in [3.63, 3.8) is 0 Å². The highest BCUT2D eigenvalue weighted by Crippen LogP contribution is 2.23. The van der Waals surface area contributed by atoms with Crippen LogP contribution >= 0.6 is 27.5 Å². The number of aromatic nitrogens is 1. The zero-order valence-electron chi connectivity index (χ0n) is 7.29. The van der Waals surface area contributed by atoms with E-state index in [0.29, 0.717) is 15.3 Å². The fourth-order valence-corrected chi connectivity index (χ4v) is 1.54. The van der Waals surface area contributed by atoms with E-state index in [0.717, 1.165) is 0 Å². The zero-order chi connectivity index (χ0) is 10.7. The van der Waals surface area contributed by atoms with E-state index in [4.69, 9.17) is 16.7 Å². The van der Waals surface area contributed by atoms with Gasteiger partial charge in [0.05, 0.1) is 9.50 Å². The Morgan fingerprint density at radius 3 is 2.93 bits per heavy atom. The van der Waals surface area contributed by atoms with E-state index >= 15 is 0 Å². The fraction of sp³-hybridized carbons (Fsp3) is 0.250. The molecule has 6 heteroatoms. The maximum Gasteiger partial charge on any atom is 0.325 e. The Labute approximate surface area is 94.4 Å². The first-order chi connectivity index (χ1) is 6.50. The van der Waals surface area contributed by atoms with Gasteiger partial charge < -0.3 is 10.4 Å². The summed E-state index contributed by atoms with van der Waals surface area (Å²) in [6.07, 6.45) is 1.45. The lowest BCUT2D eigenvalue weighted by molar-refractivity contribution is -0.137. The second kappa shape index (κ2) is 4.61. The van der Waals surface area contributed by atoms with Gasteiger partial charge in [0.1, 0.15) is 11.9 Å². The molecule has 1 atom stereocenters. The van der Waals surface area contributed by atoms with Crippen LogP contribution in [0.2, 0.25) is 5.02 Å². The van der Waals surface area contributed by atoms with Crippen molar-refractivity contribution in [2.24, 2.45) is 0 Å². The first kappa shape index (κ1) is 11.3. The Morgan fingerprint density at radius 2 is 2.43 bits per heavy atom. The van der Waals surface area contributed by atoms with E-state index < -0.39 is 12.0 Å². The van der Waals surface area contributed by atoms with E-state index in [-0.39, 0.29) is 0 Å². The quantitative estimate of drug-likeness (QED) is 0.892. The number of hydrogen-bond donors (Lipinski definition) is 2. The van der Waals surface area contributed by atoms with Crippen LogP contribution < -0.4 is 5.32 Å². The van der Waals surface area contributed by atoms with E-state index in [1.54, 1.807) is 6.07 Å². The molecule has 0 saturated carbocycles. The smallest absolute Gasteiger partial charge is 0.325 e. The molecule has 4 nitrogen and oxygen atoms in total. The van der Waals surface area contributed by atoms with Crippen LogP contribution in [0, 0.1) is 0 Å². The van der Waals surface area contributed by atoms with Crippen molar-refractivity contribution >= 4 is 39.3 Å². The molecule has 1 aromatic heterocycles. The number of carboxylic acids is 1. The minimum Gasteiger partial charge on any atom is -0.480 e. The molecule has 0 unspecified atom stereocenters. The van der Waals surface area contributed by atoms with Crippen molar-refractivity contribution in [2.75, 3.05) is 5.32 Å². The Morgan fingerprint density at radius 1 is 1.79 bits per heavy atom. The minimum absolute atomic E-state index is 0.462. The number of nitrogens with one attached hydrogen (secondary N) is 1. The van der Waals surface area contributed by atoms with Crippen LogP contribution in [0.1, 0.15) is 6.92 Å². The van der Waals surface area contributed by atoms with E-state index in [1.165, 1.54) is 13.1 Å². The van der Waals surface area contributed by atoms with Crippen molar-refractivity contribution in [1.82, 2.24) is 4.98 Å². The second-order valence-electron chi connectivity index (χ2n) is 2.69. The highest BCUT2D eigenvalue weighted by atomic mass is 79.9. The summed E-state index contributed by atoms with van der Waals surface area (Å²) in [6.45, 7) is 1.53. The standard InChI is InChI=1S/C8H8BrClN2O2/c1-4(8(13)14)12-7-6(9)2-5(10)3-11-7/h2-4H,1H3,(H,11,12)(H,13,14)/t4-/m0/s1. The number of halogens is 2. The van der Waals surface area contributed by atoms with Gasteiger partial charge in [-0.25, -0.2) is 4.98 Å². The van der Waals surface area contributed by atoms with Crippen molar-refractivity contribution in [3.8, 4) is 0 Å². The van der Waals surface area contributed by atoms with Gasteiger partial charge in [0.25, 0.3) is 0 Å². The molecule has 0 amide bonds. The van der Waals surface area contributed by atoms with Gasteiger partial charge in [-0.3, -0.25) is 4.79 Å². The van der Waals surface area contributed by atoms with E-state index in [1.807, 2.05) is 0 Å². The Hall–Kier alpha value is -0.810. The number of aliphatic carboxylic acids is 1. The molecule has 14 heavy (non-hydrogen) atoms. The Kier molecular flexibility index (Phi) is 3.71. The number of anilines is 1. The first-order valence-corrected chi connectivity index (χ1v) is 4.98. The molecule has 0 fully saturated rings. The molecule has 0 aliphatic rings. The molecule has 0 bridgehead atoms. The monoisotopic (exact) mass is 278 g/mol. The molecule has 1 aromatic rings. The normalized spacial score (nSPS) is 12.2. The number of hydrogen-bond acceptors (Lipinski definition) is 3. The third-order valence-electron chi connectivity index (χ3n) is 1.53. The van der Waals surface area contributed by atoms with Crippen molar-refractivity contribution in [3.05, 3.63) is 21.8 Å². The van der Waals surface area contributed by atoms with Crippen molar-refractivity contribution in [2.45, 2.75) is 13.0 Å². The Bertz CT molecular complexity index is 359. The molecule has 0 aliphatic heterocycles. The first-order valence-electron chi connectivity index (χ1n) is 3.81. The molecular formula is C8H8BrClN2O2. The number of carbonyl (C=O) groups is 1. The maximum atomic E-state index is 10.6. The van der Waals surface area contributed by atoms with Gasteiger partial charge in [-0.15, -0.1) is 0 Å². The number of rotatable bonds is 3. The van der Waals surface area contributed by atoms with Crippen molar-refractivity contribution < 1.29 is 9.90 Å². The van der Waals surface area contributed by atoms with Gasteiger partial charge in [-0.05, 0) is 28.9 Å². The van der Waals surface area contributed by atoms with Gasteiger partial charge in [-0.2, -0.15) is 0 Å². The van der Waals surface area contributed by atoms with Crippen LogP contribution in [0.5, 0.6) is 0 Å². The van der Waals surface area contributed by atoms with Gasteiger partial charge in [0.15, 0.2) is 0 Å². The summed E-state index contributed by atoms with van der Waals surface area (Å²) in [7, 11) is 0. The second-order valence-corrected chi connectivity index (χ2v) is 3.98. The molecule has 0 aromatic carbocycles. The Balaban J connectivity index is 2.82.